The van der Waals surface area contributed by atoms with Crippen molar-refractivity contribution in [3.63, 3.8) is 0 Å². The summed E-state index contributed by atoms with van der Waals surface area (Å²) in [5.41, 5.74) is 4.93. The normalized spacial score (nSPS) is 12.1. The molecule has 0 aromatic heterocycles. The quantitative estimate of drug-likeness (QED) is 0.241. The minimum absolute atomic E-state index is 0.0337. The van der Waals surface area contributed by atoms with Crippen molar-refractivity contribution in [3.8, 4) is 11.1 Å². The highest BCUT2D eigenvalue weighted by Crippen LogP contribution is 2.38. The van der Waals surface area contributed by atoms with Crippen LogP contribution in [0, 0.1) is 17.5 Å². The Balaban J connectivity index is 1.47. The molecule has 174 valence electrons. The van der Waals surface area contributed by atoms with E-state index in [9.17, 15) is 22.8 Å². The van der Waals surface area contributed by atoms with Crippen LogP contribution in [0.4, 0.5) is 18.0 Å². The molecule has 0 unspecified atom stereocenters. The molecule has 0 saturated carbocycles. The number of carbonyl (C=O) groups is 2. The first-order valence-corrected chi connectivity index (χ1v) is 10.4. The van der Waals surface area contributed by atoms with Crippen LogP contribution >= 0.6 is 0 Å². The molecule has 5 nitrogen and oxygen atoms in total. The predicted molar refractivity (Wildman–Crippen MR) is 118 cm³/mol. The number of methoxy groups -OCH3 is 1. The summed E-state index contributed by atoms with van der Waals surface area (Å²) >= 11 is 0. The molecule has 8 heteroatoms. The number of benzene rings is 3. The fourth-order valence-electron chi connectivity index (χ4n) is 3.91. The van der Waals surface area contributed by atoms with Crippen molar-refractivity contribution in [2.45, 2.75) is 19.4 Å². The van der Waals surface area contributed by atoms with E-state index in [0.717, 1.165) is 41.9 Å². The second kappa shape index (κ2) is 9.82. The lowest BCUT2D eigenvalue weighted by Gasteiger charge is -2.13. The fraction of sp³-hybridized carbons (Fsp3) is 0.154. The van der Waals surface area contributed by atoms with E-state index in [4.69, 9.17) is 4.74 Å². The van der Waals surface area contributed by atoms with Gasteiger partial charge in [-0.1, -0.05) is 42.5 Å². The summed E-state index contributed by atoms with van der Waals surface area (Å²) in [4.78, 5) is 24.2. The number of fused-ring (bicyclic) bond motifs is 3. The van der Waals surface area contributed by atoms with Crippen LogP contribution in [0.5, 0.6) is 0 Å². The second-order valence-corrected chi connectivity index (χ2v) is 7.71. The van der Waals surface area contributed by atoms with E-state index in [1.807, 2.05) is 42.5 Å². The van der Waals surface area contributed by atoms with Crippen LogP contribution in [0.3, 0.4) is 0 Å². The van der Waals surface area contributed by atoms with Crippen molar-refractivity contribution >= 4 is 12.1 Å². The first-order valence-electron chi connectivity index (χ1n) is 10.4. The Labute approximate surface area is 193 Å². The summed E-state index contributed by atoms with van der Waals surface area (Å²) in [5.74, 6) is -4.44. The van der Waals surface area contributed by atoms with Gasteiger partial charge in [-0.3, -0.25) is 5.32 Å². The predicted octanol–water partition coefficient (Wildman–Crippen LogP) is 5.20. The van der Waals surface area contributed by atoms with Crippen LogP contribution < -0.4 is 5.32 Å². The molecule has 0 radical (unpaired) electrons. The fourth-order valence-corrected chi connectivity index (χ4v) is 3.91. The Morgan fingerprint density at radius 1 is 0.941 bits per heavy atom. The highest BCUT2D eigenvalue weighted by molar-refractivity contribution is 5.84. The molecular weight excluding hydrogens is 447 g/mol. The maximum absolute atomic E-state index is 14.1. The average molecular weight is 467 g/mol. The Bertz CT molecular complexity index is 1300. The zero-order valence-corrected chi connectivity index (χ0v) is 18.2. The first-order chi connectivity index (χ1) is 16.4. The molecule has 0 aliphatic heterocycles. The summed E-state index contributed by atoms with van der Waals surface area (Å²) in [6, 6.07) is 14.8. The van der Waals surface area contributed by atoms with E-state index < -0.39 is 35.9 Å². The Kier molecular flexibility index (Phi) is 6.67. The van der Waals surface area contributed by atoms with E-state index in [1.54, 1.807) is 0 Å². The van der Waals surface area contributed by atoms with Crippen LogP contribution in [0.25, 0.3) is 11.1 Å². The van der Waals surface area contributed by atoms with Gasteiger partial charge >= 0.3 is 12.1 Å². The van der Waals surface area contributed by atoms with Crippen molar-refractivity contribution in [3.05, 3.63) is 106 Å². The Morgan fingerprint density at radius 2 is 1.68 bits per heavy atom. The third kappa shape index (κ3) is 4.96. The number of hydrogen-bond donors (Lipinski definition) is 1. The first kappa shape index (κ1) is 23.1. The molecule has 0 atom stereocenters. The number of amides is 1. The zero-order chi connectivity index (χ0) is 24.2. The molecular formula is C26H20F3NO4. The summed E-state index contributed by atoms with van der Waals surface area (Å²) in [5, 5.41) is 2.36. The van der Waals surface area contributed by atoms with Crippen LogP contribution in [0.2, 0.25) is 0 Å². The number of ether oxygens (including phenoxy) is 2. The van der Waals surface area contributed by atoms with E-state index in [-0.39, 0.29) is 17.9 Å². The molecule has 4 rings (SSSR count). The Hall–Kier alpha value is -4.07. The number of carbonyl (C=O) groups excluding carboxylic acids is 2. The lowest BCUT2D eigenvalue weighted by molar-refractivity contribution is -0.134. The SMILES string of the molecule is COC(=O)/C=C(/Cc1cc(F)c(F)cc1F)NC(=O)OCc1cccc2c1Cc1ccccc1-2. The minimum Gasteiger partial charge on any atom is -0.466 e. The van der Waals surface area contributed by atoms with Crippen LogP contribution in [-0.4, -0.2) is 19.2 Å². The summed E-state index contributed by atoms with van der Waals surface area (Å²) in [7, 11) is 1.13. The number of allylic oxidation sites excluding steroid dienone is 1. The number of halogens is 3. The maximum atomic E-state index is 14.1. The summed E-state index contributed by atoms with van der Waals surface area (Å²) in [6.45, 7) is -0.0337. The van der Waals surface area contributed by atoms with E-state index in [2.05, 4.69) is 10.1 Å². The lowest BCUT2D eigenvalue weighted by atomic mass is 10.0. The van der Waals surface area contributed by atoms with E-state index in [0.29, 0.717) is 12.1 Å². The largest absolute Gasteiger partial charge is 0.466 e. The molecule has 1 amide bonds. The molecule has 0 saturated heterocycles. The molecule has 0 bridgehead atoms. The topological polar surface area (TPSA) is 64.6 Å². The van der Waals surface area contributed by atoms with Crippen LogP contribution in [-0.2, 0) is 33.7 Å². The van der Waals surface area contributed by atoms with Gasteiger partial charge in [-0.15, -0.1) is 0 Å². The average Bonchev–Trinajstić information content (AvgIpc) is 3.20. The van der Waals surface area contributed by atoms with Gasteiger partial charge in [-0.05, 0) is 45.9 Å². The number of hydrogen-bond acceptors (Lipinski definition) is 4. The molecule has 0 heterocycles. The molecule has 0 spiro atoms. The van der Waals surface area contributed by atoms with Gasteiger partial charge in [0.1, 0.15) is 12.4 Å². The van der Waals surface area contributed by atoms with E-state index in [1.165, 1.54) is 5.56 Å². The van der Waals surface area contributed by atoms with E-state index >= 15 is 0 Å². The summed E-state index contributed by atoms with van der Waals surface area (Å²) in [6.07, 6.45) is 0.337. The van der Waals surface area contributed by atoms with Gasteiger partial charge in [0.2, 0.25) is 0 Å². The highest BCUT2D eigenvalue weighted by atomic mass is 19.2. The van der Waals surface area contributed by atoms with Gasteiger partial charge in [0.15, 0.2) is 11.6 Å². The van der Waals surface area contributed by atoms with Crippen LogP contribution in [0.15, 0.2) is 66.4 Å². The molecule has 1 aliphatic rings. The van der Waals surface area contributed by atoms with Crippen molar-refractivity contribution in [1.82, 2.24) is 5.32 Å². The second-order valence-electron chi connectivity index (χ2n) is 7.71. The summed E-state index contributed by atoms with van der Waals surface area (Å²) < 4.78 is 50.7. The maximum Gasteiger partial charge on any atom is 0.411 e. The number of nitrogens with one attached hydrogen (secondary N) is 1. The number of alkyl carbamates (subject to hydrolysis) is 1. The standard InChI is InChI=1S/C26H20F3NO4/c1-33-25(31)12-18(9-17-11-23(28)24(29)13-22(17)27)30-26(32)34-14-16-6-4-8-20-19-7-3-2-5-15(19)10-21(16)20/h2-8,11-13H,9-10,14H2,1H3,(H,30,32)/b18-12-. The van der Waals surface area contributed by atoms with Crippen molar-refractivity contribution in [2.75, 3.05) is 7.11 Å². The molecule has 34 heavy (non-hydrogen) atoms. The van der Waals surface area contributed by atoms with Gasteiger partial charge in [0.25, 0.3) is 0 Å². The molecule has 0 fully saturated rings. The minimum atomic E-state index is -1.34. The third-order valence-corrected chi connectivity index (χ3v) is 5.53. The smallest absolute Gasteiger partial charge is 0.411 e. The van der Waals surface area contributed by atoms with Crippen LogP contribution in [0.1, 0.15) is 22.3 Å². The monoisotopic (exact) mass is 467 g/mol. The number of esters is 1. The van der Waals surface area contributed by atoms with Crippen molar-refractivity contribution in [1.29, 1.82) is 0 Å². The number of rotatable bonds is 6. The molecule has 3 aromatic rings. The molecule has 1 aliphatic carbocycles. The van der Waals surface area contributed by atoms with Gasteiger partial charge in [0.05, 0.1) is 7.11 Å². The molecule has 3 aromatic carbocycles. The van der Waals surface area contributed by atoms with Gasteiger partial charge < -0.3 is 9.47 Å². The molecule has 1 N–H and O–H groups in total. The van der Waals surface area contributed by atoms with Crippen molar-refractivity contribution in [2.24, 2.45) is 0 Å². The third-order valence-electron chi connectivity index (χ3n) is 5.53. The highest BCUT2D eigenvalue weighted by Gasteiger charge is 2.21. The van der Waals surface area contributed by atoms with Gasteiger partial charge in [-0.25, -0.2) is 22.8 Å². The zero-order valence-electron chi connectivity index (χ0n) is 18.2. The lowest BCUT2D eigenvalue weighted by Crippen LogP contribution is -2.26. The van der Waals surface area contributed by atoms with Crippen molar-refractivity contribution < 1.29 is 32.2 Å². The van der Waals surface area contributed by atoms with Gasteiger partial charge in [0, 0.05) is 24.3 Å². The Morgan fingerprint density at radius 3 is 2.47 bits per heavy atom. The van der Waals surface area contributed by atoms with Gasteiger partial charge in [-0.2, -0.15) is 0 Å².